The van der Waals surface area contributed by atoms with Gasteiger partial charge < -0.3 is 9.88 Å². The number of nitrogens with one attached hydrogen (secondary N) is 1. The summed E-state index contributed by atoms with van der Waals surface area (Å²) >= 11 is 0. The van der Waals surface area contributed by atoms with Crippen molar-refractivity contribution in [3.05, 3.63) is 54.5 Å². The zero-order valence-electron chi connectivity index (χ0n) is 11.5. The Balaban J connectivity index is 1.83. The topological polar surface area (TPSA) is 66.5 Å². The van der Waals surface area contributed by atoms with E-state index in [0.717, 1.165) is 28.1 Å². The molecule has 0 fully saturated rings. The summed E-state index contributed by atoms with van der Waals surface area (Å²) in [6.45, 7) is 0. The van der Waals surface area contributed by atoms with Crippen LogP contribution in [0.2, 0.25) is 0 Å². The Bertz CT molecular complexity index is 837. The van der Waals surface area contributed by atoms with Gasteiger partial charge in [0.15, 0.2) is 0 Å². The van der Waals surface area contributed by atoms with Crippen LogP contribution in [0.4, 0.5) is 11.5 Å². The number of aromatic nitrogens is 3. The van der Waals surface area contributed by atoms with E-state index in [1.807, 2.05) is 48.0 Å². The number of pyridine rings is 1. The third kappa shape index (κ3) is 2.74. The molecular weight excluding hydrogens is 262 g/mol. The normalized spacial score (nSPS) is 10.9. The van der Waals surface area contributed by atoms with E-state index in [4.69, 9.17) is 5.26 Å². The van der Waals surface area contributed by atoms with Crippen LogP contribution in [0, 0.1) is 11.3 Å². The molecule has 0 aliphatic heterocycles. The average Bonchev–Trinajstić information content (AvgIpc) is 2.88. The van der Waals surface area contributed by atoms with Crippen molar-refractivity contribution in [2.24, 2.45) is 7.05 Å². The molecule has 0 radical (unpaired) electrons. The van der Waals surface area contributed by atoms with Gasteiger partial charge in [-0.15, -0.1) is 0 Å². The molecule has 0 saturated heterocycles. The van der Waals surface area contributed by atoms with Crippen LogP contribution in [-0.2, 0) is 7.05 Å². The van der Waals surface area contributed by atoms with Gasteiger partial charge in [-0.3, -0.25) is 0 Å². The van der Waals surface area contributed by atoms with Gasteiger partial charge in [-0.05, 0) is 23.8 Å². The van der Waals surface area contributed by atoms with Crippen LogP contribution in [0.15, 0.2) is 48.9 Å². The van der Waals surface area contributed by atoms with E-state index in [1.165, 1.54) is 6.08 Å². The molecule has 1 N–H and O–H groups in total. The molecule has 0 spiro atoms. The smallest absolute Gasteiger partial charge is 0.132 e. The summed E-state index contributed by atoms with van der Waals surface area (Å²) in [5.41, 5.74) is 3.83. The number of benzene rings is 1. The number of allylic oxidation sites excluding steroid dienone is 1. The minimum atomic E-state index is 0.770. The van der Waals surface area contributed by atoms with Gasteiger partial charge in [0.05, 0.1) is 24.1 Å². The number of fused-ring (bicyclic) bond motifs is 1. The first-order valence-electron chi connectivity index (χ1n) is 6.46. The minimum absolute atomic E-state index is 0.770. The van der Waals surface area contributed by atoms with E-state index >= 15 is 0 Å². The molecule has 0 atom stereocenters. The van der Waals surface area contributed by atoms with Gasteiger partial charge >= 0.3 is 0 Å². The number of anilines is 2. The van der Waals surface area contributed by atoms with Crippen molar-refractivity contribution in [3.63, 3.8) is 0 Å². The van der Waals surface area contributed by atoms with Crippen molar-refractivity contribution in [2.45, 2.75) is 0 Å². The number of nitrogens with zero attached hydrogens (tertiary/aromatic N) is 4. The fourth-order valence-electron chi connectivity index (χ4n) is 2.06. The quantitative estimate of drug-likeness (QED) is 0.745. The fourth-order valence-corrected chi connectivity index (χ4v) is 2.06. The molecule has 1 aromatic carbocycles. The highest BCUT2D eigenvalue weighted by Gasteiger charge is 2.02. The van der Waals surface area contributed by atoms with Gasteiger partial charge in [0.2, 0.25) is 0 Å². The minimum Gasteiger partial charge on any atom is -0.340 e. The fraction of sp³-hybridized carbons (Fsp3) is 0.0625. The number of hydrogen-bond donors (Lipinski definition) is 1. The first-order chi connectivity index (χ1) is 10.3. The number of aryl methyl sites for hydroxylation is 1. The second-order valence-corrected chi connectivity index (χ2v) is 4.62. The lowest BCUT2D eigenvalue weighted by molar-refractivity contribution is 0.947. The Morgan fingerprint density at radius 1 is 1.24 bits per heavy atom. The predicted octanol–water partition coefficient (Wildman–Crippen LogP) is 3.25. The highest BCUT2D eigenvalue weighted by atomic mass is 15.0. The molecule has 0 saturated carbocycles. The monoisotopic (exact) mass is 275 g/mol. The van der Waals surface area contributed by atoms with Gasteiger partial charge in [0.1, 0.15) is 11.3 Å². The summed E-state index contributed by atoms with van der Waals surface area (Å²) in [6.07, 6.45) is 6.75. The standard InChI is InChI=1S/C16H13N5/c1-21-11-19-14-10-18-16(9-15(14)21)20-13-6-4-12(5-7-13)3-2-8-17/h2-7,9-11H,1H3,(H,18,20). The molecule has 0 amide bonds. The maximum Gasteiger partial charge on any atom is 0.132 e. The average molecular weight is 275 g/mol. The molecule has 2 aromatic heterocycles. The molecule has 0 unspecified atom stereocenters. The summed E-state index contributed by atoms with van der Waals surface area (Å²) < 4.78 is 1.96. The van der Waals surface area contributed by atoms with Crippen LogP contribution >= 0.6 is 0 Å². The molecule has 3 rings (SSSR count). The molecule has 102 valence electrons. The van der Waals surface area contributed by atoms with Crippen LogP contribution in [0.25, 0.3) is 17.1 Å². The third-order valence-corrected chi connectivity index (χ3v) is 3.15. The maximum atomic E-state index is 8.50. The van der Waals surface area contributed by atoms with Crippen molar-refractivity contribution < 1.29 is 0 Å². The Morgan fingerprint density at radius 2 is 2.05 bits per heavy atom. The van der Waals surface area contributed by atoms with Gasteiger partial charge in [-0.25, -0.2) is 9.97 Å². The summed E-state index contributed by atoms with van der Waals surface area (Å²) in [7, 11) is 1.95. The lowest BCUT2D eigenvalue weighted by Gasteiger charge is -2.06. The van der Waals surface area contributed by atoms with Crippen LogP contribution in [0.3, 0.4) is 0 Å². The lowest BCUT2D eigenvalue weighted by atomic mass is 10.2. The van der Waals surface area contributed by atoms with Crippen LogP contribution in [0.1, 0.15) is 5.56 Å². The summed E-state index contributed by atoms with van der Waals surface area (Å²) in [5.74, 6) is 0.770. The highest BCUT2D eigenvalue weighted by molar-refractivity contribution is 5.78. The predicted molar refractivity (Wildman–Crippen MR) is 82.9 cm³/mol. The number of nitriles is 1. The van der Waals surface area contributed by atoms with E-state index in [1.54, 1.807) is 18.6 Å². The van der Waals surface area contributed by atoms with Gasteiger partial charge in [-0.1, -0.05) is 12.1 Å². The van der Waals surface area contributed by atoms with Crippen molar-refractivity contribution >= 4 is 28.6 Å². The zero-order valence-corrected chi connectivity index (χ0v) is 11.5. The Morgan fingerprint density at radius 3 is 2.81 bits per heavy atom. The van der Waals surface area contributed by atoms with Crippen LogP contribution < -0.4 is 5.32 Å². The largest absolute Gasteiger partial charge is 0.340 e. The summed E-state index contributed by atoms with van der Waals surface area (Å²) in [4.78, 5) is 8.59. The van der Waals surface area contributed by atoms with E-state index in [-0.39, 0.29) is 0 Å². The molecule has 0 aliphatic rings. The van der Waals surface area contributed by atoms with Gasteiger partial charge in [0, 0.05) is 24.9 Å². The SMILES string of the molecule is Cn1cnc2cnc(Nc3ccc(C=CC#N)cc3)cc21. The molecule has 3 aromatic rings. The van der Waals surface area contributed by atoms with Crippen LogP contribution in [-0.4, -0.2) is 14.5 Å². The van der Waals surface area contributed by atoms with E-state index < -0.39 is 0 Å². The lowest BCUT2D eigenvalue weighted by Crippen LogP contribution is -1.94. The molecule has 2 heterocycles. The van der Waals surface area contributed by atoms with Crippen molar-refractivity contribution in [2.75, 3.05) is 5.32 Å². The van der Waals surface area contributed by atoms with Crippen molar-refractivity contribution in [1.29, 1.82) is 5.26 Å². The van der Waals surface area contributed by atoms with Crippen molar-refractivity contribution in [3.8, 4) is 6.07 Å². The zero-order chi connectivity index (χ0) is 14.7. The van der Waals surface area contributed by atoms with Gasteiger partial charge in [0.25, 0.3) is 0 Å². The molecule has 5 heteroatoms. The molecule has 5 nitrogen and oxygen atoms in total. The molecule has 0 aliphatic carbocycles. The summed E-state index contributed by atoms with van der Waals surface area (Å²) in [5, 5.41) is 11.8. The molecule has 21 heavy (non-hydrogen) atoms. The molecule has 0 bridgehead atoms. The number of hydrogen-bond acceptors (Lipinski definition) is 4. The maximum absolute atomic E-state index is 8.50. The van der Waals surface area contributed by atoms with E-state index in [2.05, 4.69) is 15.3 Å². The number of imidazole rings is 1. The summed E-state index contributed by atoms with van der Waals surface area (Å²) in [6, 6.07) is 11.7. The van der Waals surface area contributed by atoms with E-state index in [0.29, 0.717) is 0 Å². The van der Waals surface area contributed by atoms with Crippen molar-refractivity contribution in [1.82, 2.24) is 14.5 Å². The first-order valence-corrected chi connectivity index (χ1v) is 6.46. The highest BCUT2D eigenvalue weighted by Crippen LogP contribution is 2.19. The second-order valence-electron chi connectivity index (χ2n) is 4.62. The van der Waals surface area contributed by atoms with Crippen LogP contribution in [0.5, 0.6) is 0 Å². The second kappa shape index (κ2) is 5.47. The first kappa shape index (κ1) is 12.9. The Kier molecular flexibility index (Phi) is 3.36. The Hall–Kier alpha value is -3.13. The number of rotatable bonds is 3. The Labute approximate surface area is 122 Å². The third-order valence-electron chi connectivity index (χ3n) is 3.15. The van der Waals surface area contributed by atoms with E-state index in [9.17, 15) is 0 Å². The van der Waals surface area contributed by atoms with Gasteiger partial charge in [-0.2, -0.15) is 5.26 Å². The molecular formula is C16H13N5.